The molecule has 1 aliphatic carbocycles. The Kier molecular flexibility index (Phi) is 4.66. The van der Waals surface area contributed by atoms with E-state index in [1.165, 1.54) is 25.3 Å². The van der Waals surface area contributed by atoms with E-state index in [-0.39, 0.29) is 10.8 Å². The molecular formula is C14H18FNOS. The molecule has 0 spiro atoms. The summed E-state index contributed by atoms with van der Waals surface area (Å²) >= 11 is 4.80. The Morgan fingerprint density at radius 3 is 2.78 bits per heavy atom. The highest BCUT2D eigenvalue weighted by molar-refractivity contribution is 7.80. The maximum Gasteiger partial charge on any atom is 0.129 e. The Hall–Kier alpha value is -1.00. The first kappa shape index (κ1) is 13.4. The van der Waals surface area contributed by atoms with Crippen LogP contribution in [0, 0.1) is 11.7 Å². The molecule has 0 bridgehead atoms. The molecule has 0 aliphatic heterocycles. The molecule has 2 rings (SSSR count). The molecule has 0 amide bonds. The number of halogens is 1. The average Bonchev–Trinajstić information content (AvgIpc) is 2.28. The molecule has 98 valence electrons. The second-order valence-corrected chi connectivity index (χ2v) is 5.25. The van der Waals surface area contributed by atoms with Gasteiger partial charge in [-0.2, -0.15) is 0 Å². The molecule has 1 aromatic rings. The van der Waals surface area contributed by atoms with E-state index in [0.717, 1.165) is 12.3 Å². The Labute approximate surface area is 112 Å². The minimum absolute atomic E-state index is 0.214. The van der Waals surface area contributed by atoms with Crippen molar-refractivity contribution in [3.05, 3.63) is 35.1 Å². The molecule has 1 aromatic carbocycles. The molecule has 1 fully saturated rings. The third-order valence-electron chi connectivity index (χ3n) is 3.49. The first-order chi connectivity index (χ1) is 8.66. The van der Waals surface area contributed by atoms with E-state index in [4.69, 9.17) is 22.7 Å². The van der Waals surface area contributed by atoms with Crippen molar-refractivity contribution < 1.29 is 9.13 Å². The smallest absolute Gasteiger partial charge is 0.129 e. The van der Waals surface area contributed by atoms with E-state index in [1.54, 1.807) is 12.1 Å². The fourth-order valence-electron chi connectivity index (χ4n) is 2.03. The van der Waals surface area contributed by atoms with Gasteiger partial charge < -0.3 is 10.5 Å². The van der Waals surface area contributed by atoms with Gasteiger partial charge in [0.15, 0.2) is 0 Å². The van der Waals surface area contributed by atoms with Crippen LogP contribution in [0.2, 0.25) is 0 Å². The first-order valence-electron chi connectivity index (χ1n) is 6.33. The Balaban J connectivity index is 1.79. The summed E-state index contributed by atoms with van der Waals surface area (Å²) in [4.78, 5) is 0.214. The molecule has 2 N–H and O–H groups in total. The van der Waals surface area contributed by atoms with Gasteiger partial charge in [0.2, 0.25) is 0 Å². The number of rotatable bonds is 6. The van der Waals surface area contributed by atoms with Crippen LogP contribution < -0.4 is 5.73 Å². The van der Waals surface area contributed by atoms with Gasteiger partial charge >= 0.3 is 0 Å². The molecule has 18 heavy (non-hydrogen) atoms. The summed E-state index contributed by atoms with van der Waals surface area (Å²) in [7, 11) is 0. The summed E-state index contributed by atoms with van der Waals surface area (Å²) in [6.07, 6.45) is 5.08. The standard InChI is InChI=1S/C14H18FNOS/c15-13-8-11(14(16)18)4-5-12(13)9-17-7-6-10-2-1-3-10/h4-5,8,10H,1-3,6-7,9H2,(H2,16,18). The number of hydrogen-bond donors (Lipinski definition) is 1. The van der Waals surface area contributed by atoms with Crippen LogP contribution >= 0.6 is 12.2 Å². The van der Waals surface area contributed by atoms with Crippen LogP contribution in [-0.4, -0.2) is 11.6 Å². The molecule has 0 saturated heterocycles. The second kappa shape index (κ2) is 6.25. The summed E-state index contributed by atoms with van der Waals surface area (Å²) in [6.45, 7) is 1.03. The number of thiocarbonyl (C=S) groups is 1. The van der Waals surface area contributed by atoms with Gasteiger partial charge in [0, 0.05) is 17.7 Å². The lowest BCUT2D eigenvalue weighted by atomic mass is 9.83. The van der Waals surface area contributed by atoms with E-state index in [9.17, 15) is 4.39 Å². The summed E-state index contributed by atoms with van der Waals surface area (Å²) in [5.41, 5.74) is 6.56. The van der Waals surface area contributed by atoms with Crippen molar-refractivity contribution in [1.82, 2.24) is 0 Å². The number of nitrogens with two attached hydrogens (primary N) is 1. The molecule has 0 unspecified atom stereocenters. The summed E-state index contributed by atoms with van der Waals surface area (Å²) in [6, 6.07) is 4.79. The van der Waals surface area contributed by atoms with Gasteiger partial charge in [0.25, 0.3) is 0 Å². The number of hydrogen-bond acceptors (Lipinski definition) is 2. The van der Waals surface area contributed by atoms with Gasteiger partial charge in [0.1, 0.15) is 10.8 Å². The minimum Gasteiger partial charge on any atom is -0.389 e. The maximum atomic E-state index is 13.7. The SMILES string of the molecule is NC(=S)c1ccc(COCCC2CCC2)c(F)c1. The normalized spacial score (nSPS) is 15.4. The highest BCUT2D eigenvalue weighted by Gasteiger charge is 2.16. The Bertz CT molecular complexity index is 432. The van der Waals surface area contributed by atoms with E-state index < -0.39 is 0 Å². The van der Waals surface area contributed by atoms with Crippen molar-refractivity contribution in [2.75, 3.05) is 6.61 Å². The number of benzene rings is 1. The lowest BCUT2D eigenvalue weighted by Gasteiger charge is -2.24. The summed E-state index contributed by atoms with van der Waals surface area (Å²) in [5.74, 6) is 0.524. The Morgan fingerprint density at radius 1 is 1.44 bits per heavy atom. The van der Waals surface area contributed by atoms with Gasteiger partial charge in [-0.05, 0) is 18.4 Å². The third kappa shape index (κ3) is 3.50. The summed E-state index contributed by atoms with van der Waals surface area (Å²) in [5, 5.41) is 0. The molecule has 0 atom stereocenters. The van der Waals surface area contributed by atoms with E-state index in [2.05, 4.69) is 0 Å². The van der Waals surface area contributed by atoms with Crippen LogP contribution in [0.5, 0.6) is 0 Å². The van der Waals surface area contributed by atoms with Crippen LogP contribution in [0.15, 0.2) is 18.2 Å². The molecule has 0 heterocycles. The molecule has 0 aromatic heterocycles. The molecule has 1 saturated carbocycles. The fraction of sp³-hybridized carbons (Fsp3) is 0.500. The zero-order valence-corrected chi connectivity index (χ0v) is 11.1. The zero-order chi connectivity index (χ0) is 13.0. The highest BCUT2D eigenvalue weighted by Crippen LogP contribution is 2.29. The topological polar surface area (TPSA) is 35.2 Å². The molecular weight excluding hydrogens is 249 g/mol. The van der Waals surface area contributed by atoms with Crippen molar-refractivity contribution in [1.29, 1.82) is 0 Å². The lowest BCUT2D eigenvalue weighted by molar-refractivity contribution is 0.0932. The van der Waals surface area contributed by atoms with Crippen molar-refractivity contribution in [2.24, 2.45) is 11.7 Å². The third-order valence-corrected chi connectivity index (χ3v) is 3.73. The van der Waals surface area contributed by atoms with Crippen LogP contribution in [0.4, 0.5) is 4.39 Å². The van der Waals surface area contributed by atoms with E-state index in [0.29, 0.717) is 24.3 Å². The van der Waals surface area contributed by atoms with Crippen molar-refractivity contribution in [2.45, 2.75) is 32.3 Å². The van der Waals surface area contributed by atoms with Crippen LogP contribution in [0.25, 0.3) is 0 Å². The van der Waals surface area contributed by atoms with Gasteiger partial charge in [0.05, 0.1) is 6.61 Å². The van der Waals surface area contributed by atoms with Crippen molar-refractivity contribution >= 4 is 17.2 Å². The monoisotopic (exact) mass is 267 g/mol. The largest absolute Gasteiger partial charge is 0.389 e. The van der Waals surface area contributed by atoms with E-state index >= 15 is 0 Å². The van der Waals surface area contributed by atoms with E-state index in [1.807, 2.05) is 0 Å². The number of ether oxygens (including phenoxy) is 1. The quantitative estimate of drug-likeness (QED) is 0.635. The molecule has 4 heteroatoms. The molecule has 2 nitrogen and oxygen atoms in total. The Morgan fingerprint density at radius 2 is 2.22 bits per heavy atom. The van der Waals surface area contributed by atoms with Crippen molar-refractivity contribution in [3.63, 3.8) is 0 Å². The molecule has 1 aliphatic rings. The predicted molar refractivity (Wildman–Crippen MR) is 73.9 cm³/mol. The lowest BCUT2D eigenvalue weighted by Crippen LogP contribution is -2.13. The van der Waals surface area contributed by atoms with Gasteiger partial charge in [-0.15, -0.1) is 0 Å². The average molecular weight is 267 g/mol. The van der Waals surface area contributed by atoms with Gasteiger partial charge in [-0.25, -0.2) is 4.39 Å². The minimum atomic E-state index is -0.302. The highest BCUT2D eigenvalue weighted by atomic mass is 32.1. The fourth-order valence-corrected chi connectivity index (χ4v) is 2.16. The van der Waals surface area contributed by atoms with Gasteiger partial charge in [-0.3, -0.25) is 0 Å². The predicted octanol–water partition coefficient (Wildman–Crippen LogP) is 3.17. The van der Waals surface area contributed by atoms with Crippen LogP contribution in [0.1, 0.15) is 36.8 Å². The van der Waals surface area contributed by atoms with Crippen LogP contribution in [0.3, 0.4) is 0 Å². The first-order valence-corrected chi connectivity index (χ1v) is 6.73. The maximum absolute atomic E-state index is 13.7. The summed E-state index contributed by atoms with van der Waals surface area (Å²) < 4.78 is 19.2. The van der Waals surface area contributed by atoms with Crippen molar-refractivity contribution in [3.8, 4) is 0 Å². The van der Waals surface area contributed by atoms with Gasteiger partial charge in [-0.1, -0.05) is 43.6 Å². The van der Waals surface area contributed by atoms with Crippen LogP contribution in [-0.2, 0) is 11.3 Å². The zero-order valence-electron chi connectivity index (χ0n) is 10.3. The second-order valence-electron chi connectivity index (χ2n) is 4.81. The molecule has 0 radical (unpaired) electrons.